The Hall–Kier alpha value is -3.45. The van der Waals surface area contributed by atoms with Gasteiger partial charge < -0.3 is 13.9 Å². The minimum atomic E-state index is -1.23. The number of ether oxygens (including phenoxy) is 2. The Labute approximate surface area is 167 Å². The lowest BCUT2D eigenvalue weighted by Gasteiger charge is -2.11. The third kappa shape index (κ3) is 4.20. The van der Waals surface area contributed by atoms with Gasteiger partial charge in [-0.25, -0.2) is 14.7 Å². The number of carbonyl (C=O) groups excluding carboxylic acids is 2. The van der Waals surface area contributed by atoms with Crippen molar-refractivity contribution < 1.29 is 23.5 Å². The van der Waals surface area contributed by atoms with Crippen molar-refractivity contribution >= 4 is 12.0 Å². The van der Waals surface area contributed by atoms with E-state index in [-0.39, 0.29) is 13.2 Å². The summed E-state index contributed by atoms with van der Waals surface area (Å²) in [7, 11) is 0. The average Bonchev–Trinajstić information content (AvgIpc) is 3.24. The number of oxazole rings is 1. The number of amides is 2. The van der Waals surface area contributed by atoms with E-state index in [1.807, 2.05) is 67.6 Å². The van der Waals surface area contributed by atoms with Crippen molar-refractivity contribution in [3.8, 4) is 11.5 Å². The third-order valence-corrected chi connectivity index (χ3v) is 4.60. The molecule has 0 radical (unpaired) electrons. The molecule has 1 unspecified atom stereocenters. The molecule has 2 amide bonds. The number of aromatic nitrogens is 1. The van der Waals surface area contributed by atoms with Crippen molar-refractivity contribution in [2.45, 2.75) is 26.2 Å². The van der Waals surface area contributed by atoms with E-state index in [0.29, 0.717) is 18.1 Å². The quantitative estimate of drug-likeness (QED) is 0.610. The standard InChI is InChI=1S/C22H20N2O5/c1-15-18(23-19(28-15)17-10-6-3-7-11-17)12-13-27-21-20(25)24(22(26)29-21)14-16-8-4-2-5-9-16/h2-11,21H,12-14H2,1H3. The number of imide groups is 1. The van der Waals surface area contributed by atoms with Gasteiger partial charge in [0.15, 0.2) is 0 Å². The molecule has 1 fully saturated rings. The lowest BCUT2D eigenvalue weighted by Crippen LogP contribution is -2.32. The van der Waals surface area contributed by atoms with Crippen LogP contribution in [0.2, 0.25) is 0 Å². The largest absolute Gasteiger partial charge is 0.441 e. The van der Waals surface area contributed by atoms with Gasteiger partial charge in [-0.1, -0.05) is 48.5 Å². The second-order valence-electron chi connectivity index (χ2n) is 6.63. The van der Waals surface area contributed by atoms with E-state index in [0.717, 1.165) is 21.7 Å². The van der Waals surface area contributed by atoms with Crippen LogP contribution >= 0.6 is 0 Å². The molecule has 1 aliphatic heterocycles. The van der Waals surface area contributed by atoms with Crippen LogP contribution in [0.15, 0.2) is 65.1 Å². The van der Waals surface area contributed by atoms with E-state index >= 15 is 0 Å². The smallest absolute Gasteiger partial charge is 0.419 e. The van der Waals surface area contributed by atoms with Crippen LogP contribution in [0.5, 0.6) is 0 Å². The summed E-state index contributed by atoms with van der Waals surface area (Å²) in [5.74, 6) is 0.726. The van der Waals surface area contributed by atoms with Gasteiger partial charge in [0, 0.05) is 12.0 Å². The molecular formula is C22H20N2O5. The molecule has 148 valence electrons. The Morgan fingerprint density at radius 1 is 1.03 bits per heavy atom. The summed E-state index contributed by atoms with van der Waals surface area (Å²) >= 11 is 0. The zero-order valence-electron chi connectivity index (χ0n) is 15.9. The molecule has 0 N–H and O–H groups in total. The molecule has 29 heavy (non-hydrogen) atoms. The molecule has 3 aromatic rings. The summed E-state index contributed by atoms with van der Waals surface area (Å²) < 4.78 is 16.3. The van der Waals surface area contributed by atoms with Crippen molar-refractivity contribution in [1.29, 1.82) is 0 Å². The molecule has 0 aliphatic carbocycles. The van der Waals surface area contributed by atoms with E-state index in [4.69, 9.17) is 13.9 Å². The van der Waals surface area contributed by atoms with Gasteiger partial charge in [-0.15, -0.1) is 0 Å². The maximum absolute atomic E-state index is 12.4. The molecule has 7 nitrogen and oxygen atoms in total. The molecule has 0 spiro atoms. The molecular weight excluding hydrogens is 372 g/mol. The number of benzene rings is 2. The third-order valence-electron chi connectivity index (χ3n) is 4.60. The topological polar surface area (TPSA) is 81.9 Å². The Kier molecular flexibility index (Phi) is 5.39. The Balaban J connectivity index is 1.34. The van der Waals surface area contributed by atoms with Crippen LogP contribution in [0.1, 0.15) is 17.0 Å². The van der Waals surface area contributed by atoms with Gasteiger partial charge in [-0.05, 0) is 24.6 Å². The second kappa shape index (κ2) is 8.28. The summed E-state index contributed by atoms with van der Waals surface area (Å²) in [4.78, 5) is 30.0. The Morgan fingerprint density at radius 2 is 1.72 bits per heavy atom. The SMILES string of the molecule is Cc1oc(-c2ccccc2)nc1CCOC1OC(=O)N(Cc2ccccc2)C1=O. The van der Waals surface area contributed by atoms with Gasteiger partial charge in [0.25, 0.3) is 6.29 Å². The molecule has 0 saturated carbocycles. The van der Waals surface area contributed by atoms with Crippen molar-refractivity contribution in [2.24, 2.45) is 0 Å². The number of rotatable bonds is 7. The molecule has 1 aromatic heterocycles. The summed E-state index contributed by atoms with van der Waals surface area (Å²) in [6, 6.07) is 18.8. The van der Waals surface area contributed by atoms with Gasteiger partial charge in [-0.2, -0.15) is 0 Å². The van der Waals surface area contributed by atoms with Crippen LogP contribution in [-0.4, -0.2) is 34.8 Å². The molecule has 1 saturated heterocycles. The van der Waals surface area contributed by atoms with Crippen LogP contribution in [0.3, 0.4) is 0 Å². The summed E-state index contributed by atoms with van der Waals surface area (Å²) in [5, 5.41) is 0. The van der Waals surface area contributed by atoms with Gasteiger partial charge in [0.1, 0.15) is 5.76 Å². The maximum Gasteiger partial charge on any atom is 0.419 e. The zero-order chi connectivity index (χ0) is 20.2. The van der Waals surface area contributed by atoms with E-state index in [9.17, 15) is 9.59 Å². The predicted octanol–water partition coefficient (Wildman–Crippen LogP) is 3.71. The minimum Gasteiger partial charge on any atom is -0.441 e. The first-order valence-electron chi connectivity index (χ1n) is 9.31. The molecule has 1 atom stereocenters. The van der Waals surface area contributed by atoms with Crippen LogP contribution in [0.4, 0.5) is 4.79 Å². The van der Waals surface area contributed by atoms with Crippen molar-refractivity contribution in [2.75, 3.05) is 6.61 Å². The van der Waals surface area contributed by atoms with Crippen LogP contribution in [-0.2, 0) is 27.2 Å². The van der Waals surface area contributed by atoms with Crippen LogP contribution in [0.25, 0.3) is 11.5 Å². The van der Waals surface area contributed by atoms with Gasteiger partial charge in [-0.3, -0.25) is 4.79 Å². The number of aryl methyl sites for hydroxylation is 1. The second-order valence-corrected chi connectivity index (χ2v) is 6.63. The lowest BCUT2D eigenvalue weighted by atomic mass is 10.2. The molecule has 0 bridgehead atoms. The van der Waals surface area contributed by atoms with Gasteiger partial charge in [0.2, 0.25) is 5.89 Å². The summed E-state index contributed by atoms with van der Waals surface area (Å²) in [6.07, 6.45) is -1.50. The predicted molar refractivity (Wildman–Crippen MR) is 104 cm³/mol. The molecule has 2 heterocycles. The molecule has 7 heteroatoms. The zero-order valence-corrected chi connectivity index (χ0v) is 15.9. The van der Waals surface area contributed by atoms with E-state index < -0.39 is 18.3 Å². The number of nitrogens with zero attached hydrogens (tertiary/aromatic N) is 2. The summed E-state index contributed by atoms with van der Waals surface area (Å²) in [5.41, 5.74) is 2.46. The van der Waals surface area contributed by atoms with E-state index in [1.54, 1.807) is 0 Å². The normalized spacial score (nSPS) is 16.3. The highest BCUT2D eigenvalue weighted by Gasteiger charge is 2.41. The number of hydrogen-bond donors (Lipinski definition) is 0. The highest BCUT2D eigenvalue weighted by atomic mass is 16.7. The highest BCUT2D eigenvalue weighted by Crippen LogP contribution is 2.22. The number of hydrogen-bond acceptors (Lipinski definition) is 6. The lowest BCUT2D eigenvalue weighted by molar-refractivity contribution is -0.150. The fourth-order valence-electron chi connectivity index (χ4n) is 3.06. The first-order chi connectivity index (χ1) is 14.1. The number of cyclic esters (lactones) is 1. The van der Waals surface area contributed by atoms with Crippen LogP contribution < -0.4 is 0 Å². The van der Waals surface area contributed by atoms with Crippen molar-refractivity contribution in [1.82, 2.24) is 9.88 Å². The highest BCUT2D eigenvalue weighted by molar-refractivity contribution is 5.99. The Morgan fingerprint density at radius 3 is 2.45 bits per heavy atom. The molecule has 2 aromatic carbocycles. The van der Waals surface area contributed by atoms with Crippen molar-refractivity contribution in [3.05, 3.63) is 77.7 Å². The average molecular weight is 392 g/mol. The summed E-state index contributed by atoms with van der Waals surface area (Å²) in [6.45, 7) is 2.16. The number of carbonyl (C=O) groups is 2. The molecule has 1 aliphatic rings. The first-order valence-corrected chi connectivity index (χ1v) is 9.31. The monoisotopic (exact) mass is 392 g/mol. The van der Waals surface area contributed by atoms with Crippen LogP contribution in [0, 0.1) is 6.92 Å². The fourth-order valence-corrected chi connectivity index (χ4v) is 3.06. The minimum absolute atomic E-state index is 0.154. The maximum atomic E-state index is 12.4. The van der Waals surface area contributed by atoms with E-state index in [2.05, 4.69) is 4.98 Å². The van der Waals surface area contributed by atoms with E-state index in [1.165, 1.54) is 0 Å². The van der Waals surface area contributed by atoms with Crippen molar-refractivity contribution in [3.63, 3.8) is 0 Å². The Bertz CT molecular complexity index is 1000. The van der Waals surface area contributed by atoms with Gasteiger partial charge >= 0.3 is 12.0 Å². The van der Waals surface area contributed by atoms with Gasteiger partial charge in [0.05, 0.1) is 18.8 Å². The molecule has 4 rings (SSSR count). The fraction of sp³-hybridized carbons (Fsp3) is 0.227. The first kappa shape index (κ1) is 18.9.